The van der Waals surface area contributed by atoms with E-state index in [2.05, 4.69) is 26.9 Å². The first kappa shape index (κ1) is 12.9. The average Bonchev–Trinajstić information content (AvgIpc) is 2.49. The van der Waals surface area contributed by atoms with E-state index in [0.717, 1.165) is 5.92 Å². The summed E-state index contributed by atoms with van der Waals surface area (Å²) in [6, 6.07) is 4.28. The zero-order valence-electron chi connectivity index (χ0n) is 11.8. The van der Waals surface area contributed by atoms with Gasteiger partial charge in [0, 0.05) is 37.7 Å². The molecular weight excluding hydrogens is 234 g/mol. The molecule has 0 aliphatic carbocycles. The van der Waals surface area contributed by atoms with Gasteiger partial charge in [0.05, 0.1) is 0 Å². The van der Waals surface area contributed by atoms with Crippen molar-refractivity contribution in [1.29, 1.82) is 0 Å². The fraction of sp³-hybridized carbons (Fsp3) is 0.688. The molecule has 2 aliphatic rings. The molecule has 1 aromatic heterocycles. The predicted octanol–water partition coefficient (Wildman–Crippen LogP) is 2.78. The zero-order chi connectivity index (χ0) is 12.9. The molecule has 0 aromatic carbocycles. The predicted molar refractivity (Wildman–Crippen MR) is 79.5 cm³/mol. The lowest BCUT2D eigenvalue weighted by Gasteiger charge is -2.37. The van der Waals surface area contributed by atoms with Gasteiger partial charge in [-0.05, 0) is 56.8 Å². The molecule has 0 N–H and O–H groups in total. The molecule has 0 radical (unpaired) electrons. The Morgan fingerprint density at radius 3 is 2.58 bits per heavy atom. The number of nitrogens with zero attached hydrogens (tertiary/aromatic N) is 3. The van der Waals surface area contributed by atoms with E-state index in [1.165, 1.54) is 70.5 Å². The number of rotatable bonds is 3. The first-order valence-corrected chi connectivity index (χ1v) is 7.79. The van der Waals surface area contributed by atoms with Gasteiger partial charge in [-0.1, -0.05) is 6.42 Å². The van der Waals surface area contributed by atoms with E-state index in [0.29, 0.717) is 0 Å². The van der Waals surface area contributed by atoms with Crippen LogP contribution in [0.15, 0.2) is 24.5 Å². The third kappa shape index (κ3) is 3.47. The van der Waals surface area contributed by atoms with E-state index in [1.807, 2.05) is 12.4 Å². The van der Waals surface area contributed by atoms with Crippen molar-refractivity contribution >= 4 is 5.69 Å². The van der Waals surface area contributed by atoms with E-state index in [4.69, 9.17) is 0 Å². The molecule has 3 heterocycles. The van der Waals surface area contributed by atoms with Crippen molar-refractivity contribution in [3.8, 4) is 0 Å². The van der Waals surface area contributed by atoms with Gasteiger partial charge in [-0.3, -0.25) is 4.98 Å². The fourth-order valence-electron chi connectivity index (χ4n) is 3.51. The first-order chi connectivity index (χ1) is 9.42. The van der Waals surface area contributed by atoms with E-state index >= 15 is 0 Å². The Bertz CT molecular complexity index is 373. The minimum absolute atomic E-state index is 0.847. The van der Waals surface area contributed by atoms with Crippen LogP contribution in [0.3, 0.4) is 0 Å². The lowest BCUT2D eigenvalue weighted by molar-refractivity contribution is 0.185. The fourth-order valence-corrected chi connectivity index (χ4v) is 3.51. The lowest BCUT2D eigenvalue weighted by atomic mass is 9.96. The second kappa shape index (κ2) is 6.38. The highest BCUT2D eigenvalue weighted by atomic mass is 15.2. The number of hydrogen-bond acceptors (Lipinski definition) is 3. The molecule has 2 aliphatic heterocycles. The Morgan fingerprint density at radius 2 is 1.79 bits per heavy atom. The topological polar surface area (TPSA) is 19.4 Å². The summed E-state index contributed by atoms with van der Waals surface area (Å²) in [5.41, 5.74) is 1.35. The van der Waals surface area contributed by atoms with Crippen LogP contribution in [0.25, 0.3) is 0 Å². The third-order valence-corrected chi connectivity index (χ3v) is 4.51. The number of aromatic nitrogens is 1. The molecule has 0 amide bonds. The van der Waals surface area contributed by atoms with Crippen LogP contribution in [0.1, 0.15) is 32.1 Å². The molecule has 2 fully saturated rings. The van der Waals surface area contributed by atoms with Crippen molar-refractivity contribution in [2.24, 2.45) is 5.92 Å². The Balaban J connectivity index is 1.55. The van der Waals surface area contributed by atoms with Gasteiger partial charge < -0.3 is 9.80 Å². The largest absolute Gasteiger partial charge is 0.371 e. The van der Waals surface area contributed by atoms with Crippen LogP contribution in [-0.4, -0.2) is 42.6 Å². The highest BCUT2D eigenvalue weighted by Gasteiger charge is 2.22. The molecule has 19 heavy (non-hydrogen) atoms. The van der Waals surface area contributed by atoms with Crippen LogP contribution >= 0.6 is 0 Å². The molecule has 104 valence electrons. The van der Waals surface area contributed by atoms with Gasteiger partial charge in [0.1, 0.15) is 0 Å². The molecule has 0 unspecified atom stereocenters. The van der Waals surface area contributed by atoms with Crippen molar-refractivity contribution in [2.45, 2.75) is 32.1 Å². The second-order valence-electron chi connectivity index (χ2n) is 6.02. The van der Waals surface area contributed by atoms with Gasteiger partial charge in [-0.25, -0.2) is 0 Å². The smallest absolute Gasteiger partial charge is 0.0397 e. The average molecular weight is 259 g/mol. The van der Waals surface area contributed by atoms with Crippen molar-refractivity contribution in [1.82, 2.24) is 9.88 Å². The van der Waals surface area contributed by atoms with Crippen LogP contribution in [0, 0.1) is 5.92 Å². The van der Waals surface area contributed by atoms with Gasteiger partial charge in [-0.2, -0.15) is 0 Å². The molecule has 2 saturated heterocycles. The maximum Gasteiger partial charge on any atom is 0.0397 e. The lowest BCUT2D eigenvalue weighted by Crippen LogP contribution is -2.42. The zero-order valence-corrected chi connectivity index (χ0v) is 11.8. The first-order valence-electron chi connectivity index (χ1n) is 7.79. The number of anilines is 1. The van der Waals surface area contributed by atoms with E-state index in [-0.39, 0.29) is 0 Å². The highest BCUT2D eigenvalue weighted by molar-refractivity contribution is 5.44. The maximum absolute atomic E-state index is 4.12. The monoisotopic (exact) mass is 259 g/mol. The summed E-state index contributed by atoms with van der Waals surface area (Å²) in [6.45, 7) is 6.39. The molecule has 3 heteroatoms. The number of pyridine rings is 1. The van der Waals surface area contributed by atoms with Gasteiger partial charge in [-0.15, -0.1) is 0 Å². The molecule has 0 bridgehead atoms. The van der Waals surface area contributed by atoms with Crippen LogP contribution in [-0.2, 0) is 0 Å². The molecule has 3 rings (SSSR count). The van der Waals surface area contributed by atoms with Crippen LogP contribution in [0.4, 0.5) is 5.69 Å². The summed E-state index contributed by atoms with van der Waals surface area (Å²) in [7, 11) is 0. The number of piperidine rings is 2. The van der Waals surface area contributed by atoms with Crippen molar-refractivity contribution in [3.05, 3.63) is 24.5 Å². The summed E-state index contributed by atoms with van der Waals surface area (Å²) in [5, 5.41) is 0. The molecule has 3 nitrogen and oxygen atoms in total. The summed E-state index contributed by atoms with van der Waals surface area (Å²) >= 11 is 0. The van der Waals surface area contributed by atoms with Crippen LogP contribution < -0.4 is 4.90 Å². The number of hydrogen-bond donors (Lipinski definition) is 0. The molecule has 1 atom stereocenters. The number of likely N-dealkylation sites (tertiary alicyclic amines) is 1. The van der Waals surface area contributed by atoms with Gasteiger partial charge >= 0.3 is 0 Å². The second-order valence-corrected chi connectivity index (χ2v) is 6.02. The normalized spacial score (nSPS) is 25.5. The molecule has 0 spiro atoms. The quantitative estimate of drug-likeness (QED) is 0.832. The summed E-state index contributed by atoms with van der Waals surface area (Å²) in [4.78, 5) is 9.34. The summed E-state index contributed by atoms with van der Waals surface area (Å²) < 4.78 is 0. The molecule has 0 saturated carbocycles. The van der Waals surface area contributed by atoms with E-state index < -0.39 is 0 Å². The van der Waals surface area contributed by atoms with E-state index in [9.17, 15) is 0 Å². The van der Waals surface area contributed by atoms with Gasteiger partial charge in [0.25, 0.3) is 0 Å². The van der Waals surface area contributed by atoms with Gasteiger partial charge in [0.15, 0.2) is 0 Å². The van der Waals surface area contributed by atoms with Gasteiger partial charge in [0.2, 0.25) is 0 Å². The SMILES string of the molecule is c1cc(N2CCC[C@H](CN3CCCCC3)C2)ccn1. The summed E-state index contributed by atoms with van der Waals surface area (Å²) in [5.74, 6) is 0.847. The Morgan fingerprint density at radius 1 is 1.00 bits per heavy atom. The minimum atomic E-state index is 0.847. The minimum Gasteiger partial charge on any atom is -0.371 e. The van der Waals surface area contributed by atoms with Crippen LogP contribution in [0.2, 0.25) is 0 Å². The Kier molecular flexibility index (Phi) is 4.34. The molecule has 1 aromatic rings. The highest BCUT2D eigenvalue weighted by Crippen LogP contribution is 2.24. The summed E-state index contributed by atoms with van der Waals surface area (Å²) in [6.07, 6.45) is 10.8. The Labute approximate surface area is 116 Å². The maximum atomic E-state index is 4.12. The Hall–Kier alpha value is -1.09. The van der Waals surface area contributed by atoms with Crippen molar-refractivity contribution < 1.29 is 0 Å². The standard InChI is InChI=1S/C16H25N3/c1-2-10-18(11-3-1)13-15-5-4-12-19(14-15)16-6-8-17-9-7-16/h6-9,15H,1-5,10-14H2/t15-/m1/s1. The molecular formula is C16H25N3. The van der Waals surface area contributed by atoms with E-state index in [1.54, 1.807) is 0 Å². The third-order valence-electron chi connectivity index (χ3n) is 4.51. The van der Waals surface area contributed by atoms with Crippen molar-refractivity contribution in [2.75, 3.05) is 37.6 Å². The van der Waals surface area contributed by atoms with Crippen LogP contribution in [0.5, 0.6) is 0 Å². The van der Waals surface area contributed by atoms with Crippen molar-refractivity contribution in [3.63, 3.8) is 0 Å².